The quantitative estimate of drug-likeness (QED) is 0.904. The van der Waals surface area contributed by atoms with E-state index in [1.54, 1.807) is 0 Å². The lowest BCUT2D eigenvalue weighted by Gasteiger charge is -2.13. The Kier molecular flexibility index (Phi) is 3.70. The van der Waals surface area contributed by atoms with Crippen molar-refractivity contribution in [3.63, 3.8) is 0 Å². The second-order valence-electron chi connectivity index (χ2n) is 4.92. The van der Waals surface area contributed by atoms with E-state index in [2.05, 4.69) is 34.9 Å². The third kappa shape index (κ3) is 2.66. The maximum Gasteiger partial charge on any atom is 0.0635 e. The fourth-order valence-corrected chi connectivity index (χ4v) is 2.52. The van der Waals surface area contributed by atoms with Crippen LogP contribution < -0.4 is 0 Å². The fourth-order valence-electron chi connectivity index (χ4n) is 2.05. The molecule has 1 saturated carbocycles. The SMILES string of the molecule is CC(C)n1ncc(Br)c1CCC(O)C1CC1. The summed E-state index contributed by atoms with van der Waals surface area (Å²) >= 11 is 3.52. The molecule has 1 aromatic heterocycles. The zero-order chi connectivity index (χ0) is 11.7. The average molecular weight is 287 g/mol. The van der Waals surface area contributed by atoms with Crippen LogP contribution in [0.25, 0.3) is 0 Å². The highest BCUT2D eigenvalue weighted by Crippen LogP contribution is 2.34. The van der Waals surface area contributed by atoms with Gasteiger partial charge in [-0.05, 0) is 61.4 Å². The minimum atomic E-state index is -0.123. The van der Waals surface area contributed by atoms with Crippen molar-refractivity contribution in [3.05, 3.63) is 16.4 Å². The molecule has 0 radical (unpaired) electrons. The molecule has 1 aromatic rings. The van der Waals surface area contributed by atoms with Crippen LogP contribution in [0.5, 0.6) is 0 Å². The van der Waals surface area contributed by atoms with Crippen molar-refractivity contribution in [2.45, 2.75) is 51.7 Å². The monoisotopic (exact) mass is 286 g/mol. The van der Waals surface area contributed by atoms with Crippen molar-refractivity contribution in [2.24, 2.45) is 5.92 Å². The van der Waals surface area contributed by atoms with Gasteiger partial charge in [-0.25, -0.2) is 0 Å². The number of aromatic nitrogens is 2. The molecule has 0 amide bonds. The van der Waals surface area contributed by atoms with Crippen LogP contribution >= 0.6 is 15.9 Å². The summed E-state index contributed by atoms with van der Waals surface area (Å²) in [6, 6.07) is 0.374. The van der Waals surface area contributed by atoms with Crippen LogP contribution in [0.1, 0.15) is 44.8 Å². The number of hydrogen-bond acceptors (Lipinski definition) is 2. The van der Waals surface area contributed by atoms with Gasteiger partial charge in [0.1, 0.15) is 0 Å². The Hall–Kier alpha value is -0.350. The molecule has 0 spiro atoms. The normalized spacial score (nSPS) is 18.1. The van der Waals surface area contributed by atoms with Gasteiger partial charge in [0.25, 0.3) is 0 Å². The molecule has 1 atom stereocenters. The first-order valence-corrected chi connectivity index (χ1v) is 6.79. The standard InChI is InChI=1S/C12H19BrN2O/c1-8(2)15-11(10(13)7-14-15)5-6-12(16)9-3-4-9/h7-9,12,16H,3-6H2,1-2H3. The molecule has 0 aliphatic heterocycles. The highest BCUT2D eigenvalue weighted by Gasteiger charge is 2.29. The number of aliphatic hydroxyl groups is 1. The Bertz CT molecular complexity index is 358. The predicted molar refractivity (Wildman–Crippen MR) is 67.4 cm³/mol. The average Bonchev–Trinajstić information content (AvgIpc) is 3.00. The number of rotatable bonds is 5. The third-order valence-electron chi connectivity index (χ3n) is 3.18. The maximum atomic E-state index is 9.86. The van der Waals surface area contributed by atoms with Gasteiger partial charge in [0.05, 0.1) is 22.5 Å². The molecule has 4 heteroatoms. The van der Waals surface area contributed by atoms with Gasteiger partial charge in [-0.3, -0.25) is 4.68 Å². The number of aliphatic hydroxyl groups excluding tert-OH is 1. The number of hydrogen-bond donors (Lipinski definition) is 1. The van der Waals surface area contributed by atoms with E-state index in [4.69, 9.17) is 0 Å². The molecule has 1 unspecified atom stereocenters. The summed E-state index contributed by atoms with van der Waals surface area (Å²) in [7, 11) is 0. The molecule has 3 nitrogen and oxygen atoms in total. The highest BCUT2D eigenvalue weighted by atomic mass is 79.9. The molecule has 1 aliphatic carbocycles. The van der Waals surface area contributed by atoms with E-state index in [1.165, 1.54) is 18.5 Å². The van der Waals surface area contributed by atoms with Crippen molar-refractivity contribution in [1.82, 2.24) is 9.78 Å². The summed E-state index contributed by atoms with van der Waals surface area (Å²) in [5, 5.41) is 14.2. The number of halogens is 1. The van der Waals surface area contributed by atoms with Crippen molar-refractivity contribution in [3.8, 4) is 0 Å². The molecule has 1 N–H and O–H groups in total. The van der Waals surface area contributed by atoms with Crippen LogP contribution in [0.4, 0.5) is 0 Å². The fraction of sp³-hybridized carbons (Fsp3) is 0.750. The van der Waals surface area contributed by atoms with E-state index < -0.39 is 0 Å². The molecular formula is C12H19BrN2O. The summed E-state index contributed by atoms with van der Waals surface area (Å²) in [4.78, 5) is 0. The lowest BCUT2D eigenvalue weighted by atomic mass is 10.1. The Balaban J connectivity index is 1.99. The van der Waals surface area contributed by atoms with Gasteiger partial charge in [-0.1, -0.05) is 0 Å². The summed E-state index contributed by atoms with van der Waals surface area (Å²) in [5.74, 6) is 0.564. The molecule has 2 rings (SSSR count). The van der Waals surface area contributed by atoms with Crippen molar-refractivity contribution < 1.29 is 5.11 Å². The van der Waals surface area contributed by atoms with Crippen molar-refractivity contribution in [2.75, 3.05) is 0 Å². The summed E-state index contributed by atoms with van der Waals surface area (Å²) in [5.41, 5.74) is 1.20. The molecule has 1 fully saturated rings. The van der Waals surface area contributed by atoms with Gasteiger partial charge in [0.15, 0.2) is 0 Å². The Morgan fingerprint density at radius 3 is 2.81 bits per heavy atom. The van der Waals surface area contributed by atoms with E-state index in [0.717, 1.165) is 17.3 Å². The smallest absolute Gasteiger partial charge is 0.0635 e. The second-order valence-corrected chi connectivity index (χ2v) is 5.78. The van der Waals surface area contributed by atoms with Crippen LogP contribution in [0.3, 0.4) is 0 Å². The molecule has 16 heavy (non-hydrogen) atoms. The van der Waals surface area contributed by atoms with E-state index in [0.29, 0.717) is 12.0 Å². The summed E-state index contributed by atoms with van der Waals surface area (Å²) < 4.78 is 3.09. The molecule has 0 bridgehead atoms. The topological polar surface area (TPSA) is 38.0 Å². The maximum absolute atomic E-state index is 9.86. The summed E-state index contributed by atoms with van der Waals surface area (Å²) in [6.07, 6.45) is 5.87. The van der Waals surface area contributed by atoms with Crippen LogP contribution in [0, 0.1) is 5.92 Å². The second kappa shape index (κ2) is 4.88. The first kappa shape index (κ1) is 12.1. The molecule has 0 saturated heterocycles. The molecule has 90 valence electrons. The molecule has 1 heterocycles. The van der Waals surface area contributed by atoms with Crippen LogP contribution in [-0.2, 0) is 6.42 Å². The zero-order valence-electron chi connectivity index (χ0n) is 9.86. The van der Waals surface area contributed by atoms with Gasteiger partial charge in [-0.15, -0.1) is 0 Å². The Labute approximate surface area is 105 Å². The van der Waals surface area contributed by atoms with E-state index in [9.17, 15) is 5.11 Å². The zero-order valence-corrected chi connectivity index (χ0v) is 11.4. The Morgan fingerprint density at radius 2 is 2.25 bits per heavy atom. The van der Waals surface area contributed by atoms with Gasteiger partial charge in [0.2, 0.25) is 0 Å². The Morgan fingerprint density at radius 1 is 1.56 bits per heavy atom. The first-order chi connectivity index (χ1) is 7.59. The van der Waals surface area contributed by atoms with Crippen LogP contribution in [0.2, 0.25) is 0 Å². The van der Waals surface area contributed by atoms with Gasteiger partial charge < -0.3 is 5.11 Å². The highest BCUT2D eigenvalue weighted by molar-refractivity contribution is 9.10. The lowest BCUT2D eigenvalue weighted by Crippen LogP contribution is -2.13. The lowest BCUT2D eigenvalue weighted by molar-refractivity contribution is 0.141. The van der Waals surface area contributed by atoms with Crippen LogP contribution in [-0.4, -0.2) is 21.0 Å². The number of nitrogens with zero attached hydrogens (tertiary/aromatic N) is 2. The molecular weight excluding hydrogens is 268 g/mol. The first-order valence-electron chi connectivity index (χ1n) is 5.99. The van der Waals surface area contributed by atoms with Crippen molar-refractivity contribution in [1.29, 1.82) is 0 Å². The minimum absolute atomic E-state index is 0.123. The van der Waals surface area contributed by atoms with Gasteiger partial charge >= 0.3 is 0 Å². The van der Waals surface area contributed by atoms with E-state index >= 15 is 0 Å². The summed E-state index contributed by atoms with van der Waals surface area (Å²) in [6.45, 7) is 4.25. The molecule has 1 aliphatic rings. The van der Waals surface area contributed by atoms with Crippen molar-refractivity contribution >= 4 is 15.9 Å². The molecule has 0 aromatic carbocycles. The predicted octanol–water partition coefficient (Wildman–Crippen LogP) is 2.93. The van der Waals surface area contributed by atoms with Gasteiger partial charge in [0, 0.05) is 6.04 Å². The van der Waals surface area contributed by atoms with E-state index in [-0.39, 0.29) is 6.10 Å². The van der Waals surface area contributed by atoms with E-state index in [1.807, 2.05) is 10.9 Å². The third-order valence-corrected chi connectivity index (χ3v) is 3.84. The minimum Gasteiger partial charge on any atom is -0.393 e. The van der Waals surface area contributed by atoms with Crippen LogP contribution in [0.15, 0.2) is 10.7 Å². The largest absolute Gasteiger partial charge is 0.393 e. The van der Waals surface area contributed by atoms with Gasteiger partial charge in [-0.2, -0.15) is 5.10 Å².